The Morgan fingerprint density at radius 1 is 0.611 bits per heavy atom. The van der Waals surface area contributed by atoms with E-state index in [1.807, 2.05) is 0 Å². The number of hydrogen-bond acceptors (Lipinski definition) is 0. The minimum absolute atomic E-state index is 0.157. The zero-order valence-corrected chi connectivity index (χ0v) is 11.0. The van der Waals surface area contributed by atoms with E-state index in [9.17, 15) is 0 Å². The van der Waals surface area contributed by atoms with E-state index >= 15 is 0 Å². The number of alkyl halides is 2. The molecule has 0 aromatic heterocycles. The molecule has 4 rings (SSSR count). The summed E-state index contributed by atoms with van der Waals surface area (Å²) in [5.74, 6) is 0. The van der Waals surface area contributed by atoms with Crippen molar-refractivity contribution in [1.29, 1.82) is 0 Å². The van der Waals surface area contributed by atoms with Gasteiger partial charge in [-0.05, 0) is 32.7 Å². The summed E-state index contributed by atoms with van der Waals surface area (Å²) in [5.41, 5.74) is 2.30. The van der Waals surface area contributed by atoms with E-state index in [2.05, 4.69) is 48.5 Å². The lowest BCUT2D eigenvalue weighted by molar-refractivity contribution is 0.888. The van der Waals surface area contributed by atoms with Gasteiger partial charge in [-0.2, -0.15) is 0 Å². The molecule has 2 unspecified atom stereocenters. The number of hydrogen-bond donors (Lipinski definition) is 0. The highest BCUT2D eigenvalue weighted by Crippen LogP contribution is 2.50. The predicted octanol–water partition coefficient (Wildman–Crippen LogP) is 5.57. The molecule has 1 aliphatic rings. The molecule has 2 atom stereocenters. The SMILES string of the molecule is ClC1c2cccc3ccc4cccc(c4c23)C1Cl. The fourth-order valence-electron chi connectivity index (χ4n) is 2.99. The Morgan fingerprint density at radius 3 is 1.50 bits per heavy atom. The Labute approximate surface area is 115 Å². The van der Waals surface area contributed by atoms with Gasteiger partial charge < -0.3 is 0 Å². The van der Waals surface area contributed by atoms with Crippen LogP contribution in [0.2, 0.25) is 0 Å². The zero-order chi connectivity index (χ0) is 12.3. The van der Waals surface area contributed by atoms with Crippen molar-refractivity contribution in [2.24, 2.45) is 0 Å². The Bertz CT molecular complexity index is 710. The Balaban J connectivity index is 2.36. The fourth-order valence-corrected chi connectivity index (χ4v) is 3.62. The van der Waals surface area contributed by atoms with E-state index in [1.54, 1.807) is 0 Å². The summed E-state index contributed by atoms with van der Waals surface area (Å²) < 4.78 is 0. The van der Waals surface area contributed by atoms with Crippen LogP contribution in [0.1, 0.15) is 21.9 Å². The maximum Gasteiger partial charge on any atom is 0.0796 e. The highest BCUT2D eigenvalue weighted by molar-refractivity contribution is 6.33. The van der Waals surface area contributed by atoms with Crippen molar-refractivity contribution in [3.63, 3.8) is 0 Å². The molecule has 2 heteroatoms. The minimum Gasteiger partial charge on any atom is -0.116 e. The molecule has 0 saturated carbocycles. The van der Waals surface area contributed by atoms with Gasteiger partial charge in [-0.3, -0.25) is 0 Å². The van der Waals surface area contributed by atoms with E-state index in [0.717, 1.165) is 11.1 Å². The fraction of sp³-hybridized carbons (Fsp3) is 0.125. The Hall–Kier alpha value is -1.24. The van der Waals surface area contributed by atoms with Gasteiger partial charge in [0.05, 0.1) is 10.8 Å². The van der Waals surface area contributed by atoms with Crippen molar-refractivity contribution in [3.8, 4) is 0 Å². The highest BCUT2D eigenvalue weighted by atomic mass is 35.5. The Morgan fingerprint density at radius 2 is 1.06 bits per heavy atom. The first-order chi connectivity index (χ1) is 8.77. The van der Waals surface area contributed by atoms with Crippen LogP contribution in [0, 0.1) is 0 Å². The van der Waals surface area contributed by atoms with Crippen LogP contribution < -0.4 is 0 Å². The van der Waals surface area contributed by atoms with Gasteiger partial charge in [0.25, 0.3) is 0 Å². The van der Waals surface area contributed by atoms with Crippen molar-refractivity contribution >= 4 is 44.7 Å². The molecular formula is C16H10Cl2. The molecule has 0 nitrogen and oxygen atoms in total. The molecule has 0 bridgehead atoms. The second-order valence-corrected chi connectivity index (χ2v) is 5.70. The molecule has 0 saturated heterocycles. The van der Waals surface area contributed by atoms with Crippen molar-refractivity contribution in [2.75, 3.05) is 0 Å². The molecule has 18 heavy (non-hydrogen) atoms. The van der Waals surface area contributed by atoms with Crippen molar-refractivity contribution in [1.82, 2.24) is 0 Å². The standard InChI is InChI=1S/C16H10Cl2/c17-15-11-5-1-3-9-7-8-10-4-2-6-12(16(15)18)14(10)13(9)11/h1-8,15-16H. The van der Waals surface area contributed by atoms with Crippen LogP contribution in [0.15, 0.2) is 48.5 Å². The van der Waals surface area contributed by atoms with Crippen molar-refractivity contribution in [2.45, 2.75) is 10.8 Å². The van der Waals surface area contributed by atoms with E-state index in [4.69, 9.17) is 23.2 Å². The first-order valence-electron chi connectivity index (χ1n) is 6.00. The van der Waals surface area contributed by atoms with Crippen LogP contribution in [0.5, 0.6) is 0 Å². The van der Waals surface area contributed by atoms with Gasteiger partial charge in [-0.25, -0.2) is 0 Å². The number of benzene rings is 3. The summed E-state index contributed by atoms with van der Waals surface area (Å²) in [6, 6.07) is 16.9. The van der Waals surface area contributed by atoms with Crippen LogP contribution in [0.25, 0.3) is 21.5 Å². The lowest BCUT2D eigenvalue weighted by Gasteiger charge is -2.26. The summed E-state index contributed by atoms with van der Waals surface area (Å²) in [7, 11) is 0. The molecule has 3 aromatic carbocycles. The second kappa shape index (κ2) is 3.63. The summed E-state index contributed by atoms with van der Waals surface area (Å²) in [5, 5.41) is 4.69. The maximum atomic E-state index is 6.52. The second-order valence-electron chi connectivity index (χ2n) is 4.76. The maximum absolute atomic E-state index is 6.52. The van der Waals surface area contributed by atoms with Gasteiger partial charge in [-0.15, -0.1) is 23.2 Å². The lowest BCUT2D eigenvalue weighted by Crippen LogP contribution is -2.07. The molecule has 0 aliphatic heterocycles. The topological polar surface area (TPSA) is 0 Å². The first-order valence-corrected chi connectivity index (χ1v) is 6.87. The molecule has 0 spiro atoms. The average Bonchev–Trinajstić information content (AvgIpc) is 2.43. The zero-order valence-electron chi connectivity index (χ0n) is 9.53. The lowest BCUT2D eigenvalue weighted by atomic mass is 9.86. The van der Waals surface area contributed by atoms with E-state index in [0.29, 0.717) is 0 Å². The van der Waals surface area contributed by atoms with Crippen LogP contribution >= 0.6 is 23.2 Å². The van der Waals surface area contributed by atoms with Gasteiger partial charge in [0, 0.05) is 0 Å². The largest absolute Gasteiger partial charge is 0.116 e. The van der Waals surface area contributed by atoms with E-state index < -0.39 is 0 Å². The van der Waals surface area contributed by atoms with Crippen LogP contribution in [-0.4, -0.2) is 0 Å². The van der Waals surface area contributed by atoms with Crippen molar-refractivity contribution in [3.05, 3.63) is 59.7 Å². The summed E-state index contributed by atoms with van der Waals surface area (Å²) >= 11 is 13.0. The number of halogens is 2. The monoisotopic (exact) mass is 272 g/mol. The smallest absolute Gasteiger partial charge is 0.0796 e. The van der Waals surface area contributed by atoms with Gasteiger partial charge in [-0.1, -0.05) is 48.5 Å². The minimum atomic E-state index is -0.157. The molecule has 0 fully saturated rings. The normalized spacial score (nSPS) is 21.9. The summed E-state index contributed by atoms with van der Waals surface area (Å²) in [4.78, 5) is 0. The van der Waals surface area contributed by atoms with Crippen LogP contribution in [0.4, 0.5) is 0 Å². The molecule has 0 radical (unpaired) electrons. The predicted molar refractivity (Wildman–Crippen MR) is 78.6 cm³/mol. The van der Waals surface area contributed by atoms with Crippen LogP contribution in [-0.2, 0) is 0 Å². The molecule has 0 heterocycles. The summed E-state index contributed by atoms with van der Waals surface area (Å²) in [6.07, 6.45) is 0. The Kier molecular flexibility index (Phi) is 2.15. The first kappa shape index (κ1) is 10.7. The quantitative estimate of drug-likeness (QED) is 0.371. The third kappa shape index (κ3) is 1.23. The van der Waals surface area contributed by atoms with E-state index in [1.165, 1.54) is 21.5 Å². The molecule has 0 N–H and O–H groups in total. The van der Waals surface area contributed by atoms with Crippen LogP contribution in [0.3, 0.4) is 0 Å². The van der Waals surface area contributed by atoms with Crippen molar-refractivity contribution < 1.29 is 0 Å². The number of rotatable bonds is 0. The molecule has 3 aromatic rings. The molecule has 1 aliphatic carbocycles. The van der Waals surface area contributed by atoms with Gasteiger partial charge in [0.2, 0.25) is 0 Å². The third-order valence-corrected chi connectivity index (χ3v) is 4.90. The van der Waals surface area contributed by atoms with E-state index in [-0.39, 0.29) is 10.8 Å². The van der Waals surface area contributed by atoms with Gasteiger partial charge >= 0.3 is 0 Å². The van der Waals surface area contributed by atoms with Gasteiger partial charge in [0.15, 0.2) is 0 Å². The average molecular weight is 273 g/mol. The highest BCUT2D eigenvalue weighted by Gasteiger charge is 2.29. The summed E-state index contributed by atoms with van der Waals surface area (Å²) in [6.45, 7) is 0. The molecular weight excluding hydrogens is 263 g/mol. The molecule has 0 amide bonds. The third-order valence-electron chi connectivity index (χ3n) is 3.80. The van der Waals surface area contributed by atoms with Gasteiger partial charge in [0.1, 0.15) is 0 Å². The molecule has 88 valence electrons.